The Balaban J connectivity index is 3.64. The van der Waals surface area contributed by atoms with E-state index in [1.165, 1.54) is 0 Å². The van der Waals surface area contributed by atoms with Gasteiger partial charge >= 0.3 is 11.9 Å². The molecule has 0 aliphatic heterocycles. The molecule has 0 bridgehead atoms. The lowest BCUT2D eigenvalue weighted by Crippen LogP contribution is -2.08. The average molecular weight is 268 g/mol. The molecule has 0 atom stereocenters. The Morgan fingerprint density at radius 3 is 2.53 bits per heavy atom. The second-order valence-electron chi connectivity index (χ2n) is 4.53. The lowest BCUT2D eigenvalue weighted by atomic mass is 10.1. The number of carboxylic acids is 1. The Hall–Kier alpha value is -1.58. The molecule has 0 unspecified atom stereocenters. The lowest BCUT2D eigenvalue weighted by molar-refractivity contribution is -0.139. The van der Waals surface area contributed by atoms with Crippen molar-refractivity contribution in [2.24, 2.45) is 0 Å². The minimum absolute atomic E-state index is 0.314. The molecule has 0 spiro atoms. The summed E-state index contributed by atoms with van der Waals surface area (Å²) >= 11 is 0. The summed E-state index contributed by atoms with van der Waals surface area (Å²) in [6.07, 6.45) is 6.58. The third kappa shape index (κ3) is 9.05. The number of hydrogen-bond donors (Lipinski definition) is 1. The minimum Gasteiger partial charge on any atom is -0.478 e. The van der Waals surface area contributed by atoms with Crippen molar-refractivity contribution in [3.8, 4) is 0 Å². The first-order valence-corrected chi connectivity index (χ1v) is 6.74. The van der Waals surface area contributed by atoms with Crippen LogP contribution in [0.1, 0.15) is 52.4 Å². The van der Waals surface area contributed by atoms with Crippen molar-refractivity contribution in [3.63, 3.8) is 0 Å². The van der Waals surface area contributed by atoms with Crippen LogP contribution < -0.4 is 0 Å². The van der Waals surface area contributed by atoms with Gasteiger partial charge in [0.15, 0.2) is 0 Å². The van der Waals surface area contributed by atoms with Gasteiger partial charge in [-0.25, -0.2) is 9.59 Å². The Morgan fingerprint density at radius 1 is 1.26 bits per heavy atom. The van der Waals surface area contributed by atoms with E-state index in [-0.39, 0.29) is 5.97 Å². The van der Waals surface area contributed by atoms with Crippen molar-refractivity contribution >= 4 is 11.9 Å². The third-order valence-corrected chi connectivity index (χ3v) is 2.74. The van der Waals surface area contributed by atoms with Gasteiger partial charge in [0.1, 0.15) is 0 Å². The zero-order chi connectivity index (χ0) is 14.7. The molecule has 0 saturated carbocycles. The first-order valence-electron chi connectivity index (χ1n) is 6.74. The monoisotopic (exact) mass is 268 g/mol. The maximum atomic E-state index is 11.5. The van der Waals surface area contributed by atoms with Crippen LogP contribution in [0.15, 0.2) is 23.8 Å². The Kier molecular flexibility index (Phi) is 9.49. The van der Waals surface area contributed by atoms with Crippen LogP contribution in [0.2, 0.25) is 0 Å². The van der Waals surface area contributed by atoms with Gasteiger partial charge in [0.05, 0.1) is 6.61 Å². The fourth-order valence-electron chi connectivity index (χ4n) is 1.41. The summed E-state index contributed by atoms with van der Waals surface area (Å²) in [5, 5.41) is 8.64. The van der Waals surface area contributed by atoms with E-state index in [9.17, 15) is 9.59 Å². The number of allylic oxidation sites excluding steroid dienone is 1. The highest BCUT2D eigenvalue weighted by Gasteiger charge is 2.07. The predicted molar refractivity (Wildman–Crippen MR) is 74.9 cm³/mol. The van der Waals surface area contributed by atoms with Crippen LogP contribution in [0.5, 0.6) is 0 Å². The second kappa shape index (κ2) is 10.4. The number of esters is 1. The van der Waals surface area contributed by atoms with Crippen LogP contribution in [0.4, 0.5) is 0 Å². The predicted octanol–water partition coefficient (Wildman–Crippen LogP) is 3.48. The maximum absolute atomic E-state index is 11.5. The summed E-state index contributed by atoms with van der Waals surface area (Å²) in [6, 6.07) is 0. The normalized spacial score (nSPS) is 11.2. The van der Waals surface area contributed by atoms with E-state index in [4.69, 9.17) is 9.84 Å². The molecule has 0 aromatic heterocycles. The van der Waals surface area contributed by atoms with Gasteiger partial charge in [-0.2, -0.15) is 0 Å². The van der Waals surface area contributed by atoms with Crippen LogP contribution in [0.3, 0.4) is 0 Å². The SMILES string of the molecule is C=C(CCCC)C(=O)OCCCCC=C(C)C(=O)O. The molecule has 0 rings (SSSR count). The van der Waals surface area contributed by atoms with Crippen LogP contribution in [0.25, 0.3) is 0 Å². The molecule has 1 N–H and O–H groups in total. The Morgan fingerprint density at radius 2 is 1.95 bits per heavy atom. The molecule has 4 heteroatoms. The fourth-order valence-corrected chi connectivity index (χ4v) is 1.41. The summed E-state index contributed by atoms with van der Waals surface area (Å²) < 4.78 is 5.08. The molecule has 0 aromatic rings. The van der Waals surface area contributed by atoms with Gasteiger partial charge in [-0.05, 0) is 39.0 Å². The highest BCUT2D eigenvalue weighted by atomic mass is 16.5. The minimum atomic E-state index is -0.890. The number of ether oxygens (including phenoxy) is 1. The molecular weight excluding hydrogens is 244 g/mol. The first kappa shape index (κ1) is 17.4. The van der Waals surface area contributed by atoms with Gasteiger partial charge in [0, 0.05) is 11.1 Å². The van der Waals surface area contributed by atoms with E-state index in [1.54, 1.807) is 13.0 Å². The highest BCUT2D eigenvalue weighted by molar-refractivity contribution is 5.87. The van der Waals surface area contributed by atoms with Gasteiger partial charge in [0.2, 0.25) is 0 Å². The smallest absolute Gasteiger partial charge is 0.333 e. The van der Waals surface area contributed by atoms with Gasteiger partial charge < -0.3 is 9.84 Å². The number of hydrogen-bond acceptors (Lipinski definition) is 3. The molecule has 0 heterocycles. The van der Waals surface area contributed by atoms with Gasteiger partial charge in [0.25, 0.3) is 0 Å². The molecular formula is C15H24O4. The lowest BCUT2D eigenvalue weighted by Gasteiger charge is -2.06. The van der Waals surface area contributed by atoms with Crippen LogP contribution >= 0.6 is 0 Å². The van der Waals surface area contributed by atoms with Gasteiger partial charge in [-0.3, -0.25) is 0 Å². The van der Waals surface area contributed by atoms with Crippen molar-refractivity contribution in [2.45, 2.75) is 52.4 Å². The van der Waals surface area contributed by atoms with E-state index in [0.717, 1.165) is 25.7 Å². The van der Waals surface area contributed by atoms with Crippen molar-refractivity contribution in [1.82, 2.24) is 0 Å². The summed E-state index contributed by atoms with van der Waals surface area (Å²) in [7, 11) is 0. The van der Waals surface area contributed by atoms with Gasteiger partial charge in [-0.15, -0.1) is 0 Å². The molecule has 0 aromatic carbocycles. The zero-order valence-corrected chi connectivity index (χ0v) is 11.9. The number of aliphatic carboxylic acids is 1. The molecule has 0 amide bonds. The molecule has 0 fully saturated rings. The number of carbonyl (C=O) groups excluding carboxylic acids is 1. The summed E-state index contributed by atoms with van der Waals surface area (Å²) in [5.74, 6) is -1.20. The number of carboxylic acid groups (broad SMARTS) is 1. The Labute approximate surface area is 115 Å². The van der Waals surface area contributed by atoms with E-state index in [0.29, 0.717) is 30.6 Å². The van der Waals surface area contributed by atoms with Crippen LogP contribution in [0, 0.1) is 0 Å². The van der Waals surface area contributed by atoms with Crippen LogP contribution in [-0.2, 0) is 14.3 Å². The molecule has 0 radical (unpaired) electrons. The molecule has 0 aliphatic carbocycles. The average Bonchev–Trinajstić information content (AvgIpc) is 2.38. The molecule has 0 aliphatic rings. The van der Waals surface area contributed by atoms with E-state index in [2.05, 4.69) is 13.5 Å². The van der Waals surface area contributed by atoms with Crippen LogP contribution in [-0.4, -0.2) is 23.7 Å². The summed E-state index contributed by atoms with van der Waals surface area (Å²) in [5.41, 5.74) is 0.883. The first-order chi connectivity index (χ1) is 8.99. The van der Waals surface area contributed by atoms with Crippen molar-refractivity contribution < 1.29 is 19.4 Å². The third-order valence-electron chi connectivity index (χ3n) is 2.74. The highest BCUT2D eigenvalue weighted by Crippen LogP contribution is 2.08. The second-order valence-corrected chi connectivity index (χ2v) is 4.53. The zero-order valence-electron chi connectivity index (χ0n) is 11.9. The molecule has 108 valence electrons. The topological polar surface area (TPSA) is 63.6 Å². The van der Waals surface area contributed by atoms with Crippen molar-refractivity contribution in [2.75, 3.05) is 6.61 Å². The number of carbonyl (C=O) groups is 2. The van der Waals surface area contributed by atoms with Crippen molar-refractivity contribution in [3.05, 3.63) is 23.8 Å². The summed E-state index contributed by atoms with van der Waals surface area (Å²) in [4.78, 5) is 22.0. The van der Waals surface area contributed by atoms with Gasteiger partial charge in [-0.1, -0.05) is 26.0 Å². The number of rotatable bonds is 10. The Bertz CT molecular complexity index is 342. The quantitative estimate of drug-likeness (QED) is 0.374. The van der Waals surface area contributed by atoms with E-state index < -0.39 is 5.97 Å². The molecule has 4 nitrogen and oxygen atoms in total. The fraction of sp³-hybridized carbons (Fsp3) is 0.600. The molecule has 0 saturated heterocycles. The maximum Gasteiger partial charge on any atom is 0.333 e. The largest absolute Gasteiger partial charge is 0.478 e. The number of unbranched alkanes of at least 4 members (excludes halogenated alkanes) is 3. The molecule has 19 heavy (non-hydrogen) atoms. The van der Waals surface area contributed by atoms with E-state index >= 15 is 0 Å². The van der Waals surface area contributed by atoms with E-state index in [1.807, 2.05) is 0 Å². The van der Waals surface area contributed by atoms with Crippen molar-refractivity contribution in [1.29, 1.82) is 0 Å². The summed E-state index contributed by atoms with van der Waals surface area (Å²) in [6.45, 7) is 7.70. The standard InChI is InChI=1S/C15H24O4/c1-4-5-9-13(3)15(18)19-11-8-6-7-10-12(2)14(16)17/h10H,3-9,11H2,1-2H3,(H,16,17).